The number of esters is 2. The molecule has 8 heteroatoms. The third-order valence-electron chi connectivity index (χ3n) is 6.10. The van der Waals surface area contributed by atoms with Crippen molar-refractivity contribution in [2.24, 2.45) is 0 Å². The van der Waals surface area contributed by atoms with E-state index in [1.54, 1.807) is 25.1 Å². The fourth-order valence-corrected chi connectivity index (χ4v) is 4.58. The molecule has 8 nitrogen and oxygen atoms in total. The van der Waals surface area contributed by atoms with Crippen LogP contribution >= 0.6 is 0 Å². The zero-order valence-electron chi connectivity index (χ0n) is 20.6. The standard InChI is InChI=1S/C28H29NO7/c1-17-25(28(32)35-15-14-34-20-8-5-4-6-9-20)26(27-21(29-17)10-7-11-22(27)31)19-12-13-23(36-18(2)30)24(16-19)33-3/h4-6,8-9,12-13,16,26,29H,7,10-11,14-15H2,1-3H3. The molecule has 1 aliphatic carbocycles. The molecule has 188 valence electrons. The van der Waals surface area contributed by atoms with Crippen molar-refractivity contribution in [3.63, 3.8) is 0 Å². The van der Waals surface area contributed by atoms with Crippen molar-refractivity contribution in [3.8, 4) is 17.2 Å². The summed E-state index contributed by atoms with van der Waals surface area (Å²) in [7, 11) is 1.47. The van der Waals surface area contributed by atoms with Crippen molar-refractivity contribution in [1.29, 1.82) is 0 Å². The molecule has 1 atom stereocenters. The number of carbonyl (C=O) groups is 3. The summed E-state index contributed by atoms with van der Waals surface area (Å²) in [5.74, 6) is -0.395. The van der Waals surface area contributed by atoms with Crippen LogP contribution in [0.15, 0.2) is 71.1 Å². The normalized spacial score (nSPS) is 17.2. The summed E-state index contributed by atoms with van der Waals surface area (Å²) in [4.78, 5) is 37.9. The number of hydrogen-bond donors (Lipinski definition) is 1. The summed E-state index contributed by atoms with van der Waals surface area (Å²) in [5.41, 5.74) is 3.03. The second-order valence-electron chi connectivity index (χ2n) is 8.57. The largest absolute Gasteiger partial charge is 0.493 e. The molecule has 2 aliphatic rings. The smallest absolute Gasteiger partial charge is 0.336 e. The third-order valence-corrected chi connectivity index (χ3v) is 6.10. The average Bonchev–Trinajstić information content (AvgIpc) is 2.86. The van der Waals surface area contributed by atoms with Gasteiger partial charge in [-0.15, -0.1) is 0 Å². The molecule has 1 heterocycles. The molecule has 1 unspecified atom stereocenters. The topological polar surface area (TPSA) is 100 Å². The van der Waals surface area contributed by atoms with Gasteiger partial charge in [-0.2, -0.15) is 0 Å². The van der Waals surface area contributed by atoms with Gasteiger partial charge in [0.05, 0.1) is 12.7 Å². The first-order valence-corrected chi connectivity index (χ1v) is 11.8. The molecule has 2 aromatic rings. The fraction of sp³-hybridized carbons (Fsp3) is 0.321. The van der Waals surface area contributed by atoms with Crippen molar-refractivity contribution >= 4 is 17.7 Å². The van der Waals surface area contributed by atoms with Gasteiger partial charge in [-0.1, -0.05) is 24.3 Å². The number of carbonyl (C=O) groups excluding carboxylic acids is 3. The first-order valence-electron chi connectivity index (χ1n) is 11.8. The van der Waals surface area contributed by atoms with Crippen LogP contribution in [0.2, 0.25) is 0 Å². The van der Waals surface area contributed by atoms with Gasteiger partial charge in [0.15, 0.2) is 17.3 Å². The van der Waals surface area contributed by atoms with E-state index < -0.39 is 17.9 Å². The van der Waals surface area contributed by atoms with Gasteiger partial charge in [-0.25, -0.2) is 4.79 Å². The van der Waals surface area contributed by atoms with E-state index in [1.165, 1.54) is 14.0 Å². The monoisotopic (exact) mass is 491 g/mol. The third kappa shape index (κ3) is 5.43. The minimum Gasteiger partial charge on any atom is -0.493 e. The van der Waals surface area contributed by atoms with Crippen molar-refractivity contribution in [3.05, 3.63) is 76.6 Å². The van der Waals surface area contributed by atoms with Crippen molar-refractivity contribution in [1.82, 2.24) is 5.32 Å². The second-order valence-corrected chi connectivity index (χ2v) is 8.57. The van der Waals surface area contributed by atoms with Crippen molar-refractivity contribution in [2.45, 2.75) is 39.0 Å². The van der Waals surface area contributed by atoms with Gasteiger partial charge in [0, 0.05) is 36.2 Å². The molecular formula is C28H29NO7. The summed E-state index contributed by atoms with van der Waals surface area (Å²) in [6.07, 6.45) is 1.87. The highest BCUT2D eigenvalue weighted by Gasteiger charge is 2.39. The molecule has 0 saturated carbocycles. The molecule has 36 heavy (non-hydrogen) atoms. The highest BCUT2D eigenvalue weighted by atomic mass is 16.6. The van der Waals surface area contributed by atoms with Gasteiger partial charge in [0.2, 0.25) is 0 Å². The van der Waals surface area contributed by atoms with Gasteiger partial charge in [-0.05, 0) is 49.6 Å². The maximum atomic E-state index is 13.3. The average molecular weight is 492 g/mol. The van der Waals surface area contributed by atoms with E-state index in [0.717, 1.165) is 12.1 Å². The van der Waals surface area contributed by atoms with E-state index in [1.807, 2.05) is 30.3 Å². The molecule has 0 saturated heterocycles. The lowest BCUT2D eigenvalue weighted by Gasteiger charge is -2.34. The number of allylic oxidation sites excluding steroid dienone is 3. The van der Waals surface area contributed by atoms with Crippen LogP contribution in [-0.2, 0) is 19.1 Å². The Labute approximate surface area is 209 Å². The number of rotatable bonds is 8. The Kier molecular flexibility index (Phi) is 7.73. The predicted octanol–water partition coefficient (Wildman–Crippen LogP) is 4.21. The highest BCUT2D eigenvalue weighted by molar-refractivity contribution is 6.03. The molecule has 1 N–H and O–H groups in total. The number of methoxy groups -OCH3 is 1. The summed E-state index contributed by atoms with van der Waals surface area (Å²) in [5, 5.41) is 3.27. The van der Waals surface area contributed by atoms with Gasteiger partial charge in [-0.3, -0.25) is 9.59 Å². The summed E-state index contributed by atoms with van der Waals surface area (Å²) < 4.78 is 21.9. The van der Waals surface area contributed by atoms with Gasteiger partial charge < -0.3 is 24.3 Å². The Hall–Kier alpha value is -4.07. The van der Waals surface area contributed by atoms with Crippen LogP contribution in [0.3, 0.4) is 0 Å². The molecule has 0 radical (unpaired) electrons. The summed E-state index contributed by atoms with van der Waals surface area (Å²) >= 11 is 0. The quantitative estimate of drug-likeness (QED) is 0.333. The van der Waals surface area contributed by atoms with Crippen LogP contribution in [0, 0.1) is 0 Å². The molecule has 1 aliphatic heterocycles. The van der Waals surface area contributed by atoms with E-state index in [9.17, 15) is 14.4 Å². The minimum atomic E-state index is -0.642. The number of Topliss-reactive ketones (excluding diaryl/α,β-unsaturated/α-hetero) is 1. The molecule has 2 aromatic carbocycles. The summed E-state index contributed by atoms with van der Waals surface area (Å²) in [6.45, 7) is 3.35. The van der Waals surface area contributed by atoms with Gasteiger partial charge in [0.25, 0.3) is 0 Å². The number of nitrogens with one attached hydrogen (secondary N) is 1. The molecule has 0 fully saturated rings. The number of dihydropyridines is 1. The fourth-order valence-electron chi connectivity index (χ4n) is 4.58. The molecule has 0 amide bonds. The maximum absolute atomic E-state index is 13.3. The van der Waals surface area contributed by atoms with Crippen LogP contribution in [0.1, 0.15) is 44.6 Å². The molecule has 0 aromatic heterocycles. The van der Waals surface area contributed by atoms with E-state index >= 15 is 0 Å². The van der Waals surface area contributed by atoms with Crippen LogP contribution in [0.4, 0.5) is 0 Å². The molecule has 0 spiro atoms. The van der Waals surface area contributed by atoms with Crippen LogP contribution in [-0.4, -0.2) is 38.0 Å². The lowest BCUT2D eigenvalue weighted by atomic mass is 9.75. The number of benzene rings is 2. The zero-order chi connectivity index (χ0) is 25.7. The number of hydrogen-bond acceptors (Lipinski definition) is 8. The Morgan fingerprint density at radius 1 is 1.03 bits per heavy atom. The predicted molar refractivity (Wildman–Crippen MR) is 132 cm³/mol. The lowest BCUT2D eigenvalue weighted by molar-refractivity contribution is -0.140. The first kappa shape index (κ1) is 25.0. The highest BCUT2D eigenvalue weighted by Crippen LogP contribution is 2.44. The van der Waals surface area contributed by atoms with Crippen LogP contribution < -0.4 is 19.5 Å². The number of para-hydroxylation sites is 1. The van der Waals surface area contributed by atoms with E-state index in [2.05, 4.69) is 5.32 Å². The molecular weight excluding hydrogens is 462 g/mol. The Morgan fingerprint density at radius 3 is 2.53 bits per heavy atom. The lowest BCUT2D eigenvalue weighted by Crippen LogP contribution is -2.34. The molecule has 0 bridgehead atoms. The zero-order valence-corrected chi connectivity index (χ0v) is 20.6. The first-order chi connectivity index (χ1) is 17.4. The maximum Gasteiger partial charge on any atom is 0.336 e. The van der Waals surface area contributed by atoms with Gasteiger partial charge >= 0.3 is 11.9 Å². The number of ketones is 1. The number of ether oxygens (including phenoxy) is 4. The van der Waals surface area contributed by atoms with Crippen molar-refractivity contribution < 1.29 is 33.3 Å². The summed E-state index contributed by atoms with van der Waals surface area (Å²) in [6, 6.07) is 14.3. The van der Waals surface area contributed by atoms with Gasteiger partial charge in [0.1, 0.15) is 19.0 Å². The Bertz CT molecular complexity index is 1230. The second kappa shape index (κ2) is 11.1. The Balaban J connectivity index is 1.63. The molecule has 4 rings (SSSR count). The van der Waals surface area contributed by atoms with E-state index in [-0.39, 0.29) is 24.7 Å². The van der Waals surface area contributed by atoms with E-state index in [0.29, 0.717) is 46.7 Å². The Morgan fingerprint density at radius 2 is 1.81 bits per heavy atom. The van der Waals surface area contributed by atoms with E-state index in [4.69, 9.17) is 18.9 Å². The van der Waals surface area contributed by atoms with Crippen LogP contribution in [0.25, 0.3) is 0 Å². The SMILES string of the molecule is COc1cc(C2C(C(=O)OCCOc3ccccc3)=C(C)NC3=C2C(=O)CCC3)ccc1OC(C)=O. The minimum absolute atomic E-state index is 0.0120. The van der Waals surface area contributed by atoms with Crippen LogP contribution in [0.5, 0.6) is 17.2 Å². The van der Waals surface area contributed by atoms with Crippen molar-refractivity contribution in [2.75, 3.05) is 20.3 Å².